The number of amides is 2. The van der Waals surface area contributed by atoms with Crippen LogP contribution >= 0.6 is 0 Å². The Kier molecular flexibility index (Phi) is 6.72. The van der Waals surface area contributed by atoms with E-state index < -0.39 is 0 Å². The van der Waals surface area contributed by atoms with Gasteiger partial charge in [-0.25, -0.2) is 4.79 Å². The summed E-state index contributed by atoms with van der Waals surface area (Å²) in [7, 11) is 4.68. The molecule has 2 amide bonds. The number of methoxy groups -OCH3 is 3. The molecule has 0 fully saturated rings. The zero-order valence-corrected chi connectivity index (χ0v) is 15.9. The first kappa shape index (κ1) is 19.4. The Morgan fingerprint density at radius 1 is 1.04 bits per heavy atom. The summed E-state index contributed by atoms with van der Waals surface area (Å²) in [4.78, 5) is 12.2. The van der Waals surface area contributed by atoms with Gasteiger partial charge in [0.2, 0.25) is 5.75 Å². The van der Waals surface area contributed by atoms with Gasteiger partial charge in [0.05, 0.1) is 27.4 Å². The standard InChI is InChI=1S/C20H26N2O4/c1-13-8-6-7-9-15(13)12-21-20(23)22-14(2)16-10-17(24-3)19(26-5)18(11-16)25-4/h6-11,14H,12H2,1-5H3,(H2,21,22,23). The molecule has 0 spiro atoms. The number of rotatable bonds is 7. The lowest BCUT2D eigenvalue weighted by Gasteiger charge is -2.19. The van der Waals surface area contributed by atoms with Gasteiger partial charge in [-0.15, -0.1) is 0 Å². The summed E-state index contributed by atoms with van der Waals surface area (Å²) >= 11 is 0. The number of urea groups is 1. The summed E-state index contributed by atoms with van der Waals surface area (Å²) in [6.07, 6.45) is 0. The predicted molar refractivity (Wildman–Crippen MR) is 101 cm³/mol. The molecule has 26 heavy (non-hydrogen) atoms. The average Bonchev–Trinajstić information content (AvgIpc) is 2.65. The van der Waals surface area contributed by atoms with Gasteiger partial charge < -0.3 is 24.8 Å². The first-order chi connectivity index (χ1) is 12.5. The molecular weight excluding hydrogens is 332 g/mol. The third-order valence-corrected chi connectivity index (χ3v) is 4.24. The number of benzene rings is 2. The van der Waals surface area contributed by atoms with Crippen LogP contribution in [0.25, 0.3) is 0 Å². The van der Waals surface area contributed by atoms with E-state index in [1.807, 2.05) is 50.2 Å². The highest BCUT2D eigenvalue weighted by molar-refractivity contribution is 5.74. The third-order valence-electron chi connectivity index (χ3n) is 4.24. The van der Waals surface area contributed by atoms with Crippen molar-refractivity contribution in [2.45, 2.75) is 26.4 Å². The molecule has 6 heteroatoms. The van der Waals surface area contributed by atoms with E-state index in [-0.39, 0.29) is 12.1 Å². The lowest BCUT2D eigenvalue weighted by Crippen LogP contribution is -2.36. The van der Waals surface area contributed by atoms with Crippen LogP contribution < -0.4 is 24.8 Å². The highest BCUT2D eigenvalue weighted by atomic mass is 16.5. The summed E-state index contributed by atoms with van der Waals surface area (Å²) in [6, 6.07) is 11.1. The summed E-state index contributed by atoms with van der Waals surface area (Å²) < 4.78 is 16.0. The van der Waals surface area contributed by atoms with Gasteiger partial charge in [-0.3, -0.25) is 0 Å². The van der Waals surface area contributed by atoms with Crippen LogP contribution in [-0.2, 0) is 6.54 Å². The number of aryl methyl sites for hydroxylation is 1. The second kappa shape index (κ2) is 8.99. The first-order valence-electron chi connectivity index (χ1n) is 8.39. The monoisotopic (exact) mass is 358 g/mol. The maximum atomic E-state index is 12.2. The van der Waals surface area contributed by atoms with Crippen molar-refractivity contribution in [3.05, 3.63) is 53.1 Å². The Morgan fingerprint density at radius 2 is 1.65 bits per heavy atom. The van der Waals surface area contributed by atoms with E-state index in [0.29, 0.717) is 23.8 Å². The molecule has 6 nitrogen and oxygen atoms in total. The first-order valence-corrected chi connectivity index (χ1v) is 8.39. The van der Waals surface area contributed by atoms with Gasteiger partial charge in [-0.05, 0) is 42.7 Å². The zero-order chi connectivity index (χ0) is 19.1. The highest BCUT2D eigenvalue weighted by Gasteiger charge is 2.17. The molecule has 0 radical (unpaired) electrons. The normalized spacial score (nSPS) is 11.4. The second-order valence-corrected chi connectivity index (χ2v) is 5.93. The average molecular weight is 358 g/mol. The van der Waals surface area contributed by atoms with Gasteiger partial charge in [-0.2, -0.15) is 0 Å². The van der Waals surface area contributed by atoms with E-state index in [1.54, 1.807) is 21.3 Å². The minimum absolute atomic E-state index is 0.236. The molecule has 2 aromatic rings. The SMILES string of the molecule is COc1cc(C(C)NC(=O)NCc2ccccc2C)cc(OC)c1OC. The molecule has 2 aromatic carbocycles. The Morgan fingerprint density at radius 3 is 2.19 bits per heavy atom. The van der Waals surface area contributed by atoms with Gasteiger partial charge in [0.1, 0.15) is 0 Å². The molecule has 0 saturated heterocycles. The summed E-state index contributed by atoms with van der Waals surface area (Å²) in [6.45, 7) is 4.39. The summed E-state index contributed by atoms with van der Waals surface area (Å²) in [5.74, 6) is 1.63. The smallest absolute Gasteiger partial charge is 0.315 e. The van der Waals surface area contributed by atoms with Gasteiger partial charge in [-0.1, -0.05) is 24.3 Å². The number of ether oxygens (including phenoxy) is 3. The van der Waals surface area contributed by atoms with Crippen molar-refractivity contribution in [1.29, 1.82) is 0 Å². The fourth-order valence-corrected chi connectivity index (χ4v) is 2.67. The Balaban J connectivity index is 2.05. The second-order valence-electron chi connectivity index (χ2n) is 5.93. The lowest BCUT2D eigenvalue weighted by molar-refractivity contribution is 0.237. The maximum absolute atomic E-state index is 12.2. The highest BCUT2D eigenvalue weighted by Crippen LogP contribution is 2.39. The number of hydrogen-bond acceptors (Lipinski definition) is 4. The minimum atomic E-state index is -0.241. The molecule has 0 aliphatic rings. The number of carbonyl (C=O) groups is 1. The van der Waals surface area contributed by atoms with E-state index in [1.165, 1.54) is 0 Å². The van der Waals surface area contributed by atoms with Gasteiger partial charge in [0.25, 0.3) is 0 Å². The number of nitrogens with one attached hydrogen (secondary N) is 2. The molecule has 0 aliphatic carbocycles. The molecule has 0 saturated carbocycles. The summed E-state index contributed by atoms with van der Waals surface area (Å²) in [5.41, 5.74) is 3.08. The maximum Gasteiger partial charge on any atom is 0.315 e. The van der Waals surface area contributed by atoms with Crippen molar-refractivity contribution in [3.8, 4) is 17.2 Å². The quantitative estimate of drug-likeness (QED) is 0.794. The van der Waals surface area contributed by atoms with Gasteiger partial charge in [0.15, 0.2) is 11.5 Å². The van der Waals surface area contributed by atoms with Crippen LogP contribution in [0.1, 0.15) is 29.7 Å². The lowest BCUT2D eigenvalue weighted by atomic mass is 10.1. The van der Waals surface area contributed by atoms with E-state index in [2.05, 4.69) is 10.6 Å². The van der Waals surface area contributed by atoms with E-state index in [0.717, 1.165) is 16.7 Å². The zero-order valence-electron chi connectivity index (χ0n) is 15.9. The number of carbonyl (C=O) groups excluding carboxylic acids is 1. The topological polar surface area (TPSA) is 68.8 Å². The van der Waals surface area contributed by atoms with Gasteiger partial charge in [0, 0.05) is 6.54 Å². The van der Waals surface area contributed by atoms with Crippen LogP contribution in [0.3, 0.4) is 0 Å². The van der Waals surface area contributed by atoms with Crippen LogP contribution in [0.5, 0.6) is 17.2 Å². The van der Waals surface area contributed by atoms with E-state index in [4.69, 9.17) is 14.2 Å². The van der Waals surface area contributed by atoms with Crippen LogP contribution in [0.15, 0.2) is 36.4 Å². The molecule has 2 rings (SSSR count). The van der Waals surface area contributed by atoms with Crippen molar-refractivity contribution in [2.75, 3.05) is 21.3 Å². The van der Waals surface area contributed by atoms with E-state index >= 15 is 0 Å². The van der Waals surface area contributed by atoms with Crippen LogP contribution in [0, 0.1) is 6.92 Å². The van der Waals surface area contributed by atoms with Crippen LogP contribution in [0.2, 0.25) is 0 Å². The molecule has 0 aromatic heterocycles. The molecule has 0 aliphatic heterocycles. The molecule has 1 unspecified atom stereocenters. The third kappa shape index (κ3) is 4.59. The Bertz CT molecular complexity index is 736. The predicted octanol–water partition coefficient (Wildman–Crippen LogP) is 3.58. The van der Waals surface area contributed by atoms with Crippen molar-refractivity contribution in [2.24, 2.45) is 0 Å². The molecular formula is C20H26N2O4. The molecule has 0 bridgehead atoms. The largest absolute Gasteiger partial charge is 0.493 e. The molecule has 140 valence electrons. The van der Waals surface area contributed by atoms with Crippen molar-refractivity contribution in [3.63, 3.8) is 0 Å². The fourth-order valence-electron chi connectivity index (χ4n) is 2.67. The number of hydrogen-bond donors (Lipinski definition) is 2. The van der Waals surface area contributed by atoms with Crippen LogP contribution in [-0.4, -0.2) is 27.4 Å². The van der Waals surface area contributed by atoms with Crippen molar-refractivity contribution < 1.29 is 19.0 Å². The van der Waals surface area contributed by atoms with Crippen LogP contribution in [0.4, 0.5) is 4.79 Å². The van der Waals surface area contributed by atoms with Crippen molar-refractivity contribution in [1.82, 2.24) is 10.6 Å². The minimum Gasteiger partial charge on any atom is -0.493 e. The Labute approximate surface area is 154 Å². The van der Waals surface area contributed by atoms with Gasteiger partial charge >= 0.3 is 6.03 Å². The molecule has 0 heterocycles. The molecule has 2 N–H and O–H groups in total. The van der Waals surface area contributed by atoms with Crippen molar-refractivity contribution >= 4 is 6.03 Å². The summed E-state index contributed by atoms with van der Waals surface area (Å²) in [5, 5.41) is 5.81. The Hall–Kier alpha value is -2.89. The molecule has 1 atom stereocenters. The van der Waals surface area contributed by atoms with E-state index in [9.17, 15) is 4.79 Å². The fraction of sp³-hybridized carbons (Fsp3) is 0.350.